The molecule has 1 aliphatic rings. The van der Waals surface area contributed by atoms with Crippen molar-refractivity contribution < 1.29 is 9.53 Å². The fraction of sp³-hybridized carbons (Fsp3) is 0.800. The second-order valence-corrected chi connectivity index (χ2v) is 5.38. The highest BCUT2D eigenvalue weighted by Gasteiger charge is 2.23. The van der Waals surface area contributed by atoms with E-state index in [1.165, 1.54) is 18.4 Å². The minimum Gasteiger partial charge on any atom is -0.466 e. The molecule has 0 amide bonds. The maximum Gasteiger partial charge on any atom is 0.309 e. The molecule has 1 aliphatic carbocycles. The van der Waals surface area contributed by atoms with Gasteiger partial charge in [0.2, 0.25) is 0 Å². The summed E-state index contributed by atoms with van der Waals surface area (Å²) in [6.07, 6.45) is 8.95. The molecule has 17 heavy (non-hydrogen) atoms. The first-order valence-electron chi connectivity index (χ1n) is 6.98. The lowest BCUT2D eigenvalue weighted by molar-refractivity contribution is -0.148. The Balaban J connectivity index is 2.32. The number of hydrogen-bond acceptors (Lipinski definition) is 2. The molecule has 1 rings (SSSR count). The molecule has 0 bridgehead atoms. The van der Waals surface area contributed by atoms with E-state index in [1.807, 2.05) is 6.92 Å². The van der Waals surface area contributed by atoms with Gasteiger partial charge < -0.3 is 4.74 Å². The van der Waals surface area contributed by atoms with Gasteiger partial charge >= 0.3 is 5.97 Å². The van der Waals surface area contributed by atoms with Crippen molar-refractivity contribution in [1.82, 2.24) is 0 Å². The molecular formula is C15H26O2. The van der Waals surface area contributed by atoms with Crippen molar-refractivity contribution in [2.24, 2.45) is 11.8 Å². The standard InChI is InChI=1S/C15H26O2/c1-4-17-15(16)14-10-6-9-13(11-14)8-5-7-12(2)3/h9,12,14H,4-8,10-11H2,1-3H3. The van der Waals surface area contributed by atoms with Gasteiger partial charge in [0.1, 0.15) is 0 Å². The van der Waals surface area contributed by atoms with Crippen LogP contribution < -0.4 is 0 Å². The van der Waals surface area contributed by atoms with E-state index in [9.17, 15) is 4.79 Å². The summed E-state index contributed by atoms with van der Waals surface area (Å²) >= 11 is 0. The van der Waals surface area contributed by atoms with Crippen LogP contribution in [0, 0.1) is 11.8 Å². The molecule has 2 nitrogen and oxygen atoms in total. The van der Waals surface area contributed by atoms with Crippen LogP contribution in [0.4, 0.5) is 0 Å². The molecule has 0 heterocycles. The van der Waals surface area contributed by atoms with Crippen LogP contribution >= 0.6 is 0 Å². The topological polar surface area (TPSA) is 26.3 Å². The lowest BCUT2D eigenvalue weighted by atomic mass is 9.86. The van der Waals surface area contributed by atoms with Gasteiger partial charge in [-0.05, 0) is 44.9 Å². The molecule has 0 spiro atoms. The average Bonchev–Trinajstić information content (AvgIpc) is 2.29. The van der Waals surface area contributed by atoms with E-state index in [-0.39, 0.29) is 11.9 Å². The van der Waals surface area contributed by atoms with Gasteiger partial charge in [0, 0.05) is 0 Å². The highest BCUT2D eigenvalue weighted by atomic mass is 16.5. The summed E-state index contributed by atoms with van der Waals surface area (Å²) in [5, 5.41) is 0. The van der Waals surface area contributed by atoms with Crippen molar-refractivity contribution in [3.63, 3.8) is 0 Å². The van der Waals surface area contributed by atoms with Gasteiger partial charge in [-0.2, -0.15) is 0 Å². The van der Waals surface area contributed by atoms with Crippen molar-refractivity contribution in [1.29, 1.82) is 0 Å². The Labute approximate surface area is 105 Å². The van der Waals surface area contributed by atoms with Crippen LogP contribution in [-0.4, -0.2) is 12.6 Å². The van der Waals surface area contributed by atoms with Crippen LogP contribution in [0.3, 0.4) is 0 Å². The molecule has 0 saturated carbocycles. The van der Waals surface area contributed by atoms with Crippen molar-refractivity contribution in [2.75, 3.05) is 6.61 Å². The second kappa shape index (κ2) is 7.52. The van der Waals surface area contributed by atoms with Crippen LogP contribution in [0.2, 0.25) is 0 Å². The zero-order chi connectivity index (χ0) is 12.7. The number of ether oxygens (including phenoxy) is 1. The van der Waals surface area contributed by atoms with Gasteiger partial charge in [-0.25, -0.2) is 0 Å². The van der Waals surface area contributed by atoms with Crippen molar-refractivity contribution in [2.45, 2.75) is 59.3 Å². The highest BCUT2D eigenvalue weighted by Crippen LogP contribution is 2.28. The average molecular weight is 238 g/mol. The number of carbonyl (C=O) groups excluding carboxylic acids is 1. The molecule has 0 aromatic carbocycles. The lowest BCUT2D eigenvalue weighted by Crippen LogP contribution is -2.20. The van der Waals surface area contributed by atoms with Crippen LogP contribution in [0.5, 0.6) is 0 Å². The number of allylic oxidation sites excluding steroid dienone is 2. The molecule has 0 saturated heterocycles. The summed E-state index contributed by atoms with van der Waals surface area (Å²) in [6.45, 7) is 6.90. The molecule has 0 fully saturated rings. The first-order valence-corrected chi connectivity index (χ1v) is 6.98. The van der Waals surface area contributed by atoms with Gasteiger partial charge in [-0.15, -0.1) is 0 Å². The summed E-state index contributed by atoms with van der Waals surface area (Å²) < 4.78 is 5.11. The number of hydrogen-bond donors (Lipinski definition) is 0. The van der Waals surface area contributed by atoms with Gasteiger partial charge in [0.25, 0.3) is 0 Å². The quantitative estimate of drug-likeness (QED) is 0.514. The Morgan fingerprint density at radius 2 is 2.29 bits per heavy atom. The van der Waals surface area contributed by atoms with Gasteiger partial charge in [0.05, 0.1) is 12.5 Å². The van der Waals surface area contributed by atoms with E-state index in [0.29, 0.717) is 6.61 Å². The predicted octanol–water partition coefficient (Wildman–Crippen LogP) is 4.10. The number of carbonyl (C=O) groups is 1. The summed E-state index contributed by atoms with van der Waals surface area (Å²) in [5.74, 6) is 0.899. The van der Waals surface area contributed by atoms with E-state index in [1.54, 1.807) is 0 Å². The minimum absolute atomic E-state index is 0.00181. The van der Waals surface area contributed by atoms with Crippen molar-refractivity contribution in [3.05, 3.63) is 11.6 Å². The van der Waals surface area contributed by atoms with Crippen LogP contribution in [0.1, 0.15) is 59.3 Å². The van der Waals surface area contributed by atoms with E-state index in [4.69, 9.17) is 4.74 Å². The molecule has 0 aromatic rings. The van der Waals surface area contributed by atoms with E-state index >= 15 is 0 Å². The Kier molecular flexibility index (Phi) is 6.31. The Morgan fingerprint density at radius 3 is 2.94 bits per heavy atom. The van der Waals surface area contributed by atoms with Crippen LogP contribution in [0.25, 0.3) is 0 Å². The van der Waals surface area contributed by atoms with E-state index in [0.717, 1.165) is 31.6 Å². The molecule has 0 aromatic heterocycles. The number of esters is 1. The second-order valence-electron chi connectivity index (χ2n) is 5.38. The largest absolute Gasteiger partial charge is 0.466 e. The van der Waals surface area contributed by atoms with Crippen molar-refractivity contribution >= 4 is 5.97 Å². The molecule has 98 valence electrons. The summed E-state index contributed by atoms with van der Waals surface area (Å²) in [6, 6.07) is 0. The van der Waals surface area contributed by atoms with Crippen molar-refractivity contribution in [3.8, 4) is 0 Å². The van der Waals surface area contributed by atoms with Gasteiger partial charge in [-0.3, -0.25) is 4.79 Å². The zero-order valence-corrected chi connectivity index (χ0v) is 11.5. The SMILES string of the molecule is CCOC(=O)C1CCC=C(CCCC(C)C)C1. The molecule has 2 heteroatoms. The molecule has 1 atom stereocenters. The molecule has 0 N–H and O–H groups in total. The summed E-state index contributed by atoms with van der Waals surface area (Å²) in [5.41, 5.74) is 1.47. The Hall–Kier alpha value is -0.790. The van der Waals surface area contributed by atoms with Gasteiger partial charge in [0.15, 0.2) is 0 Å². The monoisotopic (exact) mass is 238 g/mol. The van der Waals surface area contributed by atoms with E-state index in [2.05, 4.69) is 19.9 Å². The normalized spacial score (nSPS) is 20.2. The maximum absolute atomic E-state index is 11.7. The highest BCUT2D eigenvalue weighted by molar-refractivity contribution is 5.73. The minimum atomic E-state index is 0.00181. The Morgan fingerprint density at radius 1 is 1.53 bits per heavy atom. The fourth-order valence-corrected chi connectivity index (χ4v) is 2.39. The number of rotatable bonds is 6. The zero-order valence-electron chi connectivity index (χ0n) is 11.5. The fourth-order valence-electron chi connectivity index (χ4n) is 2.39. The van der Waals surface area contributed by atoms with E-state index < -0.39 is 0 Å². The molecule has 0 aliphatic heterocycles. The lowest BCUT2D eigenvalue weighted by Gasteiger charge is -2.21. The third-order valence-corrected chi connectivity index (χ3v) is 3.36. The first kappa shape index (κ1) is 14.3. The summed E-state index contributed by atoms with van der Waals surface area (Å²) in [7, 11) is 0. The molecule has 1 unspecified atom stereocenters. The third-order valence-electron chi connectivity index (χ3n) is 3.36. The first-order chi connectivity index (χ1) is 8.13. The van der Waals surface area contributed by atoms with Crippen LogP contribution in [0.15, 0.2) is 11.6 Å². The maximum atomic E-state index is 11.7. The molecular weight excluding hydrogens is 212 g/mol. The Bertz CT molecular complexity index is 266. The van der Waals surface area contributed by atoms with Crippen LogP contribution in [-0.2, 0) is 9.53 Å². The smallest absolute Gasteiger partial charge is 0.309 e. The predicted molar refractivity (Wildman–Crippen MR) is 70.7 cm³/mol. The molecule has 0 radical (unpaired) electrons. The third kappa shape index (κ3) is 5.38. The van der Waals surface area contributed by atoms with Gasteiger partial charge in [-0.1, -0.05) is 31.9 Å². The summed E-state index contributed by atoms with van der Waals surface area (Å²) in [4.78, 5) is 11.7.